The number of hydrogen-bond donors (Lipinski definition) is 1. The highest BCUT2D eigenvalue weighted by Gasteiger charge is 2.38. The van der Waals surface area contributed by atoms with E-state index in [1.54, 1.807) is 7.11 Å². The first kappa shape index (κ1) is 15.5. The molecule has 106 valence electrons. The Bertz CT molecular complexity index is 445. The van der Waals surface area contributed by atoms with Crippen LogP contribution in [0.25, 0.3) is 0 Å². The molecule has 0 saturated heterocycles. The first-order valence-corrected chi connectivity index (χ1v) is 6.48. The van der Waals surface area contributed by atoms with Gasteiger partial charge in [-0.1, -0.05) is 18.6 Å². The molecule has 0 radical (unpaired) electrons. The molecule has 0 aliphatic rings. The number of methoxy groups -OCH3 is 2. The number of carbonyl (C=O) groups excluding carboxylic acids is 1. The molecule has 0 amide bonds. The third-order valence-electron chi connectivity index (χ3n) is 3.22. The van der Waals surface area contributed by atoms with E-state index in [1.165, 1.54) is 7.11 Å². The van der Waals surface area contributed by atoms with Crippen LogP contribution >= 0.6 is 0 Å². The highest BCUT2D eigenvalue weighted by atomic mass is 16.5. The van der Waals surface area contributed by atoms with Crippen molar-refractivity contribution in [2.24, 2.45) is 0 Å². The maximum absolute atomic E-state index is 12.2. The lowest BCUT2D eigenvalue weighted by Crippen LogP contribution is -2.48. The standard InChI is InChI=1S/C15H23NO3/c1-6-9-16-15(3,14(17)19-5)12-10-11(2)7-8-13(12)18-4/h7-8,10,16H,6,9H2,1-5H3. The zero-order valence-corrected chi connectivity index (χ0v) is 12.4. The Morgan fingerprint density at radius 3 is 2.58 bits per heavy atom. The van der Waals surface area contributed by atoms with Crippen LogP contribution in [0.5, 0.6) is 5.75 Å². The fourth-order valence-corrected chi connectivity index (χ4v) is 2.07. The third kappa shape index (κ3) is 3.26. The number of ether oxygens (including phenoxy) is 2. The van der Waals surface area contributed by atoms with Crippen LogP contribution in [0.15, 0.2) is 18.2 Å². The number of esters is 1. The second-order valence-electron chi connectivity index (χ2n) is 4.75. The summed E-state index contributed by atoms with van der Waals surface area (Å²) in [5.41, 5.74) is 0.974. The number of benzene rings is 1. The van der Waals surface area contributed by atoms with Gasteiger partial charge in [0.1, 0.15) is 11.3 Å². The normalized spacial score (nSPS) is 13.7. The summed E-state index contributed by atoms with van der Waals surface area (Å²) in [7, 11) is 3.00. The molecule has 1 aromatic carbocycles. The van der Waals surface area contributed by atoms with Crippen molar-refractivity contribution in [3.63, 3.8) is 0 Å². The summed E-state index contributed by atoms with van der Waals surface area (Å²) in [6, 6.07) is 5.79. The molecule has 19 heavy (non-hydrogen) atoms. The SMILES string of the molecule is CCCNC(C)(C(=O)OC)c1cc(C)ccc1OC. The van der Waals surface area contributed by atoms with E-state index in [0.717, 1.165) is 24.1 Å². The van der Waals surface area contributed by atoms with Gasteiger partial charge in [0.2, 0.25) is 0 Å². The van der Waals surface area contributed by atoms with Gasteiger partial charge in [0.05, 0.1) is 14.2 Å². The summed E-state index contributed by atoms with van der Waals surface area (Å²) >= 11 is 0. The Balaban J connectivity index is 3.31. The summed E-state index contributed by atoms with van der Waals surface area (Å²) in [6.45, 7) is 6.59. The van der Waals surface area contributed by atoms with Crippen LogP contribution in [0.3, 0.4) is 0 Å². The predicted octanol–water partition coefficient (Wildman–Crippen LogP) is 2.39. The van der Waals surface area contributed by atoms with E-state index >= 15 is 0 Å². The lowest BCUT2D eigenvalue weighted by molar-refractivity contribution is -0.148. The highest BCUT2D eigenvalue weighted by Crippen LogP contribution is 2.32. The molecule has 0 spiro atoms. The average Bonchev–Trinajstić information content (AvgIpc) is 2.43. The van der Waals surface area contributed by atoms with Gasteiger partial charge in [0.25, 0.3) is 0 Å². The first-order chi connectivity index (χ1) is 8.99. The van der Waals surface area contributed by atoms with Crippen molar-refractivity contribution < 1.29 is 14.3 Å². The summed E-state index contributed by atoms with van der Waals surface area (Å²) < 4.78 is 10.3. The molecule has 0 saturated carbocycles. The predicted molar refractivity (Wildman–Crippen MR) is 75.4 cm³/mol. The second kappa shape index (κ2) is 6.57. The van der Waals surface area contributed by atoms with Gasteiger partial charge >= 0.3 is 5.97 Å². The van der Waals surface area contributed by atoms with E-state index < -0.39 is 5.54 Å². The largest absolute Gasteiger partial charge is 0.496 e. The monoisotopic (exact) mass is 265 g/mol. The summed E-state index contributed by atoms with van der Waals surface area (Å²) in [6.07, 6.45) is 0.931. The molecule has 1 rings (SSSR count). The minimum atomic E-state index is -0.901. The fraction of sp³-hybridized carbons (Fsp3) is 0.533. The van der Waals surface area contributed by atoms with Crippen LogP contribution in [0.1, 0.15) is 31.4 Å². The van der Waals surface area contributed by atoms with Gasteiger partial charge in [0.15, 0.2) is 0 Å². The van der Waals surface area contributed by atoms with Gasteiger partial charge in [-0.05, 0) is 38.9 Å². The maximum atomic E-state index is 12.2. The van der Waals surface area contributed by atoms with E-state index in [2.05, 4.69) is 12.2 Å². The minimum absolute atomic E-state index is 0.315. The fourth-order valence-electron chi connectivity index (χ4n) is 2.07. The second-order valence-corrected chi connectivity index (χ2v) is 4.75. The van der Waals surface area contributed by atoms with Crippen molar-refractivity contribution in [3.05, 3.63) is 29.3 Å². The molecule has 1 aromatic rings. The van der Waals surface area contributed by atoms with Gasteiger partial charge in [-0.2, -0.15) is 0 Å². The van der Waals surface area contributed by atoms with Crippen molar-refractivity contribution in [2.75, 3.05) is 20.8 Å². The highest BCUT2D eigenvalue weighted by molar-refractivity contribution is 5.83. The average molecular weight is 265 g/mol. The molecule has 0 bridgehead atoms. The lowest BCUT2D eigenvalue weighted by Gasteiger charge is -2.30. The van der Waals surface area contributed by atoms with Gasteiger partial charge < -0.3 is 9.47 Å². The zero-order chi connectivity index (χ0) is 14.5. The Labute approximate surface area is 115 Å². The number of nitrogens with one attached hydrogen (secondary N) is 1. The van der Waals surface area contributed by atoms with Crippen LogP contribution in [-0.4, -0.2) is 26.7 Å². The molecule has 0 fully saturated rings. The Kier molecular flexibility index (Phi) is 5.36. The van der Waals surface area contributed by atoms with Crippen molar-refractivity contribution >= 4 is 5.97 Å². The van der Waals surface area contributed by atoms with Crippen molar-refractivity contribution in [3.8, 4) is 5.75 Å². The van der Waals surface area contributed by atoms with E-state index in [9.17, 15) is 4.79 Å². The molecule has 0 aliphatic heterocycles. The van der Waals surface area contributed by atoms with E-state index in [-0.39, 0.29) is 5.97 Å². The molecule has 1 unspecified atom stereocenters. The minimum Gasteiger partial charge on any atom is -0.496 e. The topological polar surface area (TPSA) is 47.6 Å². The van der Waals surface area contributed by atoms with Crippen LogP contribution in [0.4, 0.5) is 0 Å². The van der Waals surface area contributed by atoms with Gasteiger partial charge in [-0.15, -0.1) is 0 Å². The van der Waals surface area contributed by atoms with E-state index in [0.29, 0.717) is 5.75 Å². The summed E-state index contributed by atoms with van der Waals surface area (Å²) in [5, 5.41) is 3.26. The zero-order valence-electron chi connectivity index (χ0n) is 12.4. The number of carbonyl (C=O) groups is 1. The Morgan fingerprint density at radius 1 is 1.37 bits per heavy atom. The molecular weight excluding hydrogens is 242 g/mol. The number of hydrogen-bond acceptors (Lipinski definition) is 4. The van der Waals surface area contributed by atoms with Crippen LogP contribution < -0.4 is 10.1 Å². The van der Waals surface area contributed by atoms with E-state index in [1.807, 2.05) is 32.0 Å². The van der Waals surface area contributed by atoms with Gasteiger partial charge in [-0.25, -0.2) is 4.79 Å². The van der Waals surface area contributed by atoms with Crippen LogP contribution in [-0.2, 0) is 15.1 Å². The summed E-state index contributed by atoms with van der Waals surface area (Å²) in [4.78, 5) is 12.2. The molecule has 0 aliphatic carbocycles. The van der Waals surface area contributed by atoms with E-state index in [4.69, 9.17) is 9.47 Å². The number of aryl methyl sites for hydroxylation is 1. The lowest BCUT2D eigenvalue weighted by atomic mass is 9.89. The molecule has 4 heteroatoms. The molecule has 1 atom stereocenters. The van der Waals surface area contributed by atoms with Gasteiger partial charge in [0, 0.05) is 5.56 Å². The third-order valence-corrected chi connectivity index (χ3v) is 3.22. The molecule has 4 nitrogen and oxygen atoms in total. The molecular formula is C15H23NO3. The van der Waals surface area contributed by atoms with Crippen LogP contribution in [0.2, 0.25) is 0 Å². The maximum Gasteiger partial charge on any atom is 0.330 e. The smallest absolute Gasteiger partial charge is 0.330 e. The van der Waals surface area contributed by atoms with Crippen molar-refractivity contribution in [1.82, 2.24) is 5.32 Å². The number of rotatable bonds is 6. The molecule has 1 N–H and O–H groups in total. The van der Waals surface area contributed by atoms with Crippen molar-refractivity contribution in [1.29, 1.82) is 0 Å². The first-order valence-electron chi connectivity index (χ1n) is 6.48. The van der Waals surface area contributed by atoms with Crippen molar-refractivity contribution in [2.45, 2.75) is 32.7 Å². The molecule has 0 heterocycles. The Morgan fingerprint density at radius 2 is 2.05 bits per heavy atom. The van der Waals surface area contributed by atoms with Crippen LogP contribution in [0, 0.1) is 6.92 Å². The Hall–Kier alpha value is -1.55. The quantitative estimate of drug-likeness (QED) is 0.802. The molecule has 0 aromatic heterocycles. The van der Waals surface area contributed by atoms with Gasteiger partial charge in [-0.3, -0.25) is 5.32 Å². The summed E-state index contributed by atoms with van der Waals surface area (Å²) in [5.74, 6) is 0.368.